The standard InChI is InChI=1S/C29H42O9/c1-7-18(2)26(33)37-17-29-23(9-8-11-28(29,34)16-36-20(4)30)27(6,12-10-22-14-25(32)35-15-22)19(3)13-24(29)38-21(5)31/h7,14,19,23-24,34H,8-13,15-17H2,1-6H3/t19-,23-,24+,27+,28+,29+/m1/s1. The summed E-state index contributed by atoms with van der Waals surface area (Å²) in [7, 11) is 0. The van der Waals surface area contributed by atoms with Crippen molar-refractivity contribution < 1.29 is 43.2 Å². The number of aliphatic hydroxyl groups is 1. The molecule has 2 fully saturated rings. The predicted molar refractivity (Wildman–Crippen MR) is 137 cm³/mol. The molecule has 6 atom stereocenters. The van der Waals surface area contributed by atoms with Crippen molar-refractivity contribution in [3.05, 3.63) is 23.3 Å². The van der Waals surface area contributed by atoms with Gasteiger partial charge in [0.2, 0.25) is 0 Å². The van der Waals surface area contributed by atoms with Crippen molar-refractivity contribution in [2.45, 2.75) is 91.8 Å². The van der Waals surface area contributed by atoms with Crippen LogP contribution in [-0.2, 0) is 38.1 Å². The lowest BCUT2D eigenvalue weighted by Gasteiger charge is -2.65. The molecule has 0 amide bonds. The average molecular weight is 535 g/mol. The molecule has 212 valence electrons. The molecule has 1 heterocycles. The lowest BCUT2D eigenvalue weighted by Crippen LogP contribution is -2.72. The third kappa shape index (κ3) is 5.67. The molecule has 1 aliphatic heterocycles. The Morgan fingerprint density at radius 3 is 2.45 bits per heavy atom. The number of carbonyl (C=O) groups excluding carboxylic acids is 4. The predicted octanol–water partition coefficient (Wildman–Crippen LogP) is 3.82. The maximum atomic E-state index is 12.8. The second-order valence-corrected chi connectivity index (χ2v) is 11.5. The fourth-order valence-electron chi connectivity index (χ4n) is 6.93. The van der Waals surface area contributed by atoms with Gasteiger partial charge in [-0.25, -0.2) is 9.59 Å². The normalized spacial score (nSPS) is 35.0. The first-order chi connectivity index (χ1) is 17.8. The van der Waals surface area contributed by atoms with Gasteiger partial charge in [0.25, 0.3) is 0 Å². The number of cyclic esters (lactones) is 1. The van der Waals surface area contributed by atoms with Crippen LogP contribution in [0.4, 0.5) is 0 Å². The smallest absolute Gasteiger partial charge is 0.333 e. The first-order valence-electron chi connectivity index (χ1n) is 13.5. The molecule has 2 saturated carbocycles. The van der Waals surface area contributed by atoms with E-state index in [1.807, 2.05) is 0 Å². The molecule has 9 heteroatoms. The first kappa shape index (κ1) is 29.9. The second kappa shape index (κ2) is 11.6. The van der Waals surface area contributed by atoms with E-state index >= 15 is 0 Å². The van der Waals surface area contributed by atoms with Gasteiger partial charge in [-0.1, -0.05) is 26.3 Å². The Hall–Kier alpha value is -2.68. The highest BCUT2D eigenvalue weighted by molar-refractivity contribution is 5.87. The van der Waals surface area contributed by atoms with E-state index in [0.717, 1.165) is 5.57 Å². The molecule has 0 aromatic rings. The summed E-state index contributed by atoms with van der Waals surface area (Å²) in [6, 6.07) is 0. The average Bonchev–Trinajstić information content (AvgIpc) is 3.28. The molecule has 9 nitrogen and oxygen atoms in total. The van der Waals surface area contributed by atoms with Crippen LogP contribution in [0.1, 0.15) is 80.1 Å². The molecule has 0 aromatic heterocycles. The lowest BCUT2D eigenvalue weighted by molar-refractivity contribution is -0.283. The molecule has 3 aliphatic rings. The molecule has 0 aromatic carbocycles. The number of rotatable bonds is 9. The fraction of sp³-hybridized carbons (Fsp3) is 0.724. The van der Waals surface area contributed by atoms with E-state index in [9.17, 15) is 24.3 Å². The quantitative estimate of drug-likeness (QED) is 0.267. The van der Waals surface area contributed by atoms with E-state index in [1.54, 1.807) is 19.9 Å². The van der Waals surface area contributed by atoms with Gasteiger partial charge in [0, 0.05) is 25.5 Å². The number of hydrogen-bond donors (Lipinski definition) is 1. The molecule has 0 unspecified atom stereocenters. The highest BCUT2D eigenvalue weighted by Crippen LogP contribution is 2.65. The largest absolute Gasteiger partial charge is 0.463 e. The molecule has 38 heavy (non-hydrogen) atoms. The summed E-state index contributed by atoms with van der Waals surface area (Å²) in [5, 5.41) is 12.3. The number of hydrogen-bond acceptors (Lipinski definition) is 9. The zero-order valence-corrected chi connectivity index (χ0v) is 23.5. The van der Waals surface area contributed by atoms with E-state index in [4.69, 9.17) is 18.9 Å². The Morgan fingerprint density at radius 1 is 1.16 bits per heavy atom. The third-order valence-electron chi connectivity index (χ3n) is 9.36. The Labute approximate surface area is 224 Å². The minimum Gasteiger partial charge on any atom is -0.463 e. The van der Waals surface area contributed by atoms with E-state index in [1.165, 1.54) is 19.9 Å². The topological polar surface area (TPSA) is 125 Å². The Bertz CT molecular complexity index is 1010. The van der Waals surface area contributed by atoms with Crippen molar-refractivity contribution in [3.8, 4) is 0 Å². The maximum Gasteiger partial charge on any atom is 0.333 e. The molecule has 1 N–H and O–H groups in total. The van der Waals surface area contributed by atoms with Crippen molar-refractivity contribution in [1.82, 2.24) is 0 Å². The Balaban J connectivity index is 2.12. The van der Waals surface area contributed by atoms with Gasteiger partial charge in [-0.2, -0.15) is 0 Å². The van der Waals surface area contributed by atoms with E-state index in [-0.39, 0.29) is 43.0 Å². The van der Waals surface area contributed by atoms with Gasteiger partial charge in [-0.15, -0.1) is 0 Å². The number of fused-ring (bicyclic) bond motifs is 1. The zero-order chi connectivity index (χ0) is 28.3. The number of allylic oxidation sites excluding steroid dienone is 1. The summed E-state index contributed by atoms with van der Waals surface area (Å²) in [5.74, 6) is -2.05. The third-order valence-corrected chi connectivity index (χ3v) is 9.36. The van der Waals surface area contributed by atoms with Crippen LogP contribution in [0.25, 0.3) is 0 Å². The lowest BCUT2D eigenvalue weighted by atomic mass is 9.42. The molecule has 3 rings (SSSR count). The summed E-state index contributed by atoms with van der Waals surface area (Å²) in [6.45, 7) is 10.1. The van der Waals surface area contributed by atoms with Crippen LogP contribution in [0, 0.1) is 22.7 Å². The SMILES string of the molecule is CC=C(C)C(=O)OC[C@@]12[C@@H](OC(C)=O)C[C@@H](C)[C@](C)(CCC3=CC(=O)OC3)[C@H]1CCC[C@]2(O)COC(C)=O. The van der Waals surface area contributed by atoms with Crippen molar-refractivity contribution in [2.24, 2.45) is 22.7 Å². The zero-order valence-electron chi connectivity index (χ0n) is 23.5. The minimum atomic E-state index is -1.60. The summed E-state index contributed by atoms with van der Waals surface area (Å²) >= 11 is 0. The van der Waals surface area contributed by atoms with Gasteiger partial charge >= 0.3 is 23.9 Å². The van der Waals surface area contributed by atoms with Crippen molar-refractivity contribution >= 4 is 23.9 Å². The molecule has 2 aliphatic carbocycles. The van der Waals surface area contributed by atoms with Crippen molar-refractivity contribution in [1.29, 1.82) is 0 Å². The summed E-state index contributed by atoms with van der Waals surface area (Å²) in [4.78, 5) is 48.7. The first-order valence-corrected chi connectivity index (χ1v) is 13.5. The highest BCUT2D eigenvalue weighted by Gasteiger charge is 2.70. The van der Waals surface area contributed by atoms with Gasteiger partial charge in [0.05, 0.1) is 5.41 Å². The maximum absolute atomic E-state index is 12.8. The van der Waals surface area contributed by atoms with Gasteiger partial charge in [0.15, 0.2) is 0 Å². The number of ether oxygens (including phenoxy) is 4. The Morgan fingerprint density at radius 2 is 1.87 bits per heavy atom. The van der Waals surface area contributed by atoms with Gasteiger partial charge in [0.1, 0.15) is 31.5 Å². The fourth-order valence-corrected chi connectivity index (χ4v) is 6.93. The number of esters is 4. The minimum absolute atomic E-state index is 0.0765. The summed E-state index contributed by atoms with van der Waals surface area (Å²) in [5.41, 5.74) is -1.86. The van der Waals surface area contributed by atoms with E-state index in [0.29, 0.717) is 44.1 Å². The molecule has 0 bridgehead atoms. The molecule has 0 radical (unpaired) electrons. The van der Waals surface area contributed by atoms with Crippen LogP contribution in [0.5, 0.6) is 0 Å². The van der Waals surface area contributed by atoms with Crippen LogP contribution in [0.3, 0.4) is 0 Å². The van der Waals surface area contributed by atoms with Crippen molar-refractivity contribution in [3.63, 3.8) is 0 Å². The Kier molecular flexibility index (Phi) is 9.12. The monoisotopic (exact) mass is 534 g/mol. The molecular weight excluding hydrogens is 492 g/mol. The second-order valence-electron chi connectivity index (χ2n) is 11.5. The van der Waals surface area contributed by atoms with E-state index < -0.39 is 35.0 Å². The number of carbonyl (C=O) groups is 4. The summed E-state index contributed by atoms with van der Waals surface area (Å²) < 4.78 is 22.3. The molecular formula is C29H42O9. The highest BCUT2D eigenvalue weighted by atomic mass is 16.6. The summed E-state index contributed by atoms with van der Waals surface area (Å²) in [6.07, 6.45) is 5.85. The molecule has 0 spiro atoms. The van der Waals surface area contributed by atoms with Gasteiger partial charge in [-0.3, -0.25) is 9.59 Å². The van der Waals surface area contributed by atoms with Gasteiger partial charge < -0.3 is 24.1 Å². The van der Waals surface area contributed by atoms with Crippen molar-refractivity contribution in [2.75, 3.05) is 19.8 Å². The van der Waals surface area contributed by atoms with Gasteiger partial charge in [-0.05, 0) is 68.8 Å². The van der Waals surface area contributed by atoms with Crippen LogP contribution in [0.15, 0.2) is 23.3 Å². The van der Waals surface area contributed by atoms with Crippen LogP contribution < -0.4 is 0 Å². The van der Waals surface area contributed by atoms with Crippen LogP contribution in [0.2, 0.25) is 0 Å². The molecule has 0 saturated heterocycles. The van der Waals surface area contributed by atoms with Crippen LogP contribution >= 0.6 is 0 Å². The van der Waals surface area contributed by atoms with Crippen LogP contribution in [-0.4, -0.2) is 60.5 Å². The van der Waals surface area contributed by atoms with E-state index in [2.05, 4.69) is 13.8 Å².